The summed E-state index contributed by atoms with van der Waals surface area (Å²) in [5.74, 6) is -8.45. The molecule has 2 amide bonds. The molecule has 0 heterocycles. The number of aliphatic hydroxyl groups is 3. The van der Waals surface area contributed by atoms with Crippen LogP contribution in [0.15, 0.2) is 29.0 Å². The number of nitrogens with zero attached hydrogens (tertiary/aromatic N) is 1. The molecular weight excluding hydrogens is 472 g/mol. The molecule has 0 bridgehead atoms. The summed E-state index contributed by atoms with van der Waals surface area (Å²) in [6, 6.07) is 1.87. The number of aromatic hydroxyl groups is 1. The van der Waals surface area contributed by atoms with Crippen molar-refractivity contribution in [3.8, 4) is 5.75 Å². The van der Waals surface area contributed by atoms with Crippen molar-refractivity contribution in [1.29, 1.82) is 0 Å². The average Bonchev–Trinajstić information content (AvgIpc) is 2.80. The predicted octanol–water partition coefficient (Wildman–Crippen LogP) is -0.578. The Morgan fingerprint density at radius 1 is 1.19 bits per heavy atom. The number of phenols is 1. The lowest BCUT2D eigenvalue weighted by Crippen LogP contribution is -2.65. The number of anilines is 1. The van der Waals surface area contributed by atoms with Gasteiger partial charge in [-0.1, -0.05) is 13.0 Å². The molecule has 192 valence electrons. The maximum atomic E-state index is 13.8. The molecule has 12 nitrogen and oxygen atoms in total. The highest BCUT2D eigenvalue weighted by Gasteiger charge is 2.64. The lowest BCUT2D eigenvalue weighted by molar-refractivity contribution is -0.154. The van der Waals surface area contributed by atoms with Gasteiger partial charge in [-0.25, -0.2) is 0 Å². The number of carbonyl (C=O) groups excluding carboxylic acids is 4. The molecule has 0 radical (unpaired) electrons. The zero-order valence-corrected chi connectivity index (χ0v) is 19.9. The van der Waals surface area contributed by atoms with Gasteiger partial charge in [0.2, 0.25) is 11.7 Å². The quantitative estimate of drug-likeness (QED) is 0.206. The van der Waals surface area contributed by atoms with Crippen LogP contribution in [0, 0.1) is 11.8 Å². The first kappa shape index (κ1) is 25.4. The summed E-state index contributed by atoms with van der Waals surface area (Å²) in [5.41, 5.74) is 7.08. The zero-order chi connectivity index (χ0) is 26.9. The van der Waals surface area contributed by atoms with Crippen molar-refractivity contribution in [3.63, 3.8) is 0 Å². The van der Waals surface area contributed by atoms with Gasteiger partial charge in [-0.3, -0.25) is 24.1 Å². The summed E-state index contributed by atoms with van der Waals surface area (Å²) in [5, 5.41) is 47.0. The Balaban J connectivity index is 1.96. The summed E-state index contributed by atoms with van der Waals surface area (Å²) in [6.45, 7) is 1.40. The number of hydrogen-bond acceptors (Lipinski definition) is 10. The molecule has 0 aromatic heterocycles. The molecule has 9 N–H and O–H groups in total. The number of aliphatic hydroxyl groups excluding tert-OH is 2. The Morgan fingerprint density at radius 2 is 1.83 bits per heavy atom. The highest BCUT2D eigenvalue weighted by molar-refractivity contribution is 6.24. The average molecular weight is 501 g/mol. The second-order valence-electron chi connectivity index (χ2n) is 9.63. The van der Waals surface area contributed by atoms with Gasteiger partial charge in [0, 0.05) is 11.5 Å². The lowest BCUT2D eigenvalue weighted by atomic mass is 9.55. The van der Waals surface area contributed by atoms with E-state index in [9.17, 15) is 39.6 Å². The number of fused-ring (bicyclic) bond motifs is 3. The monoisotopic (exact) mass is 500 g/mol. The second-order valence-corrected chi connectivity index (χ2v) is 9.63. The SMILES string of the molecule is C[C@H]1c2ccc(NC(=O)CN)c(O)c2C(O)=C2C(=O)[C@]3(O)C(O)=C(C(N)=O)C(=O)[C@@H](N(C)C)[C@@H]3CC21. The molecule has 4 rings (SSSR count). The molecule has 1 aromatic rings. The third-order valence-corrected chi connectivity index (χ3v) is 7.56. The number of ketones is 2. The van der Waals surface area contributed by atoms with E-state index in [0.717, 1.165) is 0 Å². The molecule has 3 aliphatic carbocycles. The number of nitrogens with two attached hydrogens (primary N) is 2. The maximum absolute atomic E-state index is 13.8. The van der Waals surface area contributed by atoms with Gasteiger partial charge in [-0.05, 0) is 44.0 Å². The third-order valence-electron chi connectivity index (χ3n) is 7.56. The maximum Gasteiger partial charge on any atom is 0.255 e. The minimum atomic E-state index is -2.72. The third kappa shape index (κ3) is 3.25. The van der Waals surface area contributed by atoms with E-state index in [-0.39, 0.29) is 29.8 Å². The highest BCUT2D eigenvalue weighted by Crippen LogP contribution is 2.56. The van der Waals surface area contributed by atoms with Crippen LogP contribution < -0.4 is 16.8 Å². The van der Waals surface area contributed by atoms with Crippen LogP contribution in [-0.2, 0) is 19.2 Å². The van der Waals surface area contributed by atoms with Crippen LogP contribution in [0.4, 0.5) is 5.69 Å². The van der Waals surface area contributed by atoms with E-state index in [1.54, 1.807) is 13.0 Å². The van der Waals surface area contributed by atoms with Crippen molar-refractivity contribution in [3.05, 3.63) is 40.2 Å². The number of likely N-dealkylation sites (N-methyl/N-ethyl adjacent to an activating group) is 1. The summed E-state index contributed by atoms with van der Waals surface area (Å²) in [6.07, 6.45) is -0.0145. The first-order valence-electron chi connectivity index (χ1n) is 11.3. The molecule has 0 spiro atoms. The number of amides is 2. The van der Waals surface area contributed by atoms with Crippen LogP contribution in [0.5, 0.6) is 5.75 Å². The van der Waals surface area contributed by atoms with E-state index < -0.39 is 75.6 Å². The van der Waals surface area contributed by atoms with Crippen LogP contribution >= 0.6 is 0 Å². The van der Waals surface area contributed by atoms with E-state index in [1.165, 1.54) is 25.1 Å². The highest BCUT2D eigenvalue weighted by atomic mass is 16.3. The molecule has 12 heteroatoms. The largest absolute Gasteiger partial charge is 0.508 e. The smallest absolute Gasteiger partial charge is 0.255 e. The number of nitrogens with one attached hydrogen (secondary N) is 1. The molecule has 3 aliphatic rings. The van der Waals surface area contributed by atoms with Crippen molar-refractivity contribution in [2.24, 2.45) is 23.3 Å². The van der Waals surface area contributed by atoms with Gasteiger partial charge in [0.15, 0.2) is 11.4 Å². The van der Waals surface area contributed by atoms with Crippen molar-refractivity contribution >= 4 is 34.8 Å². The van der Waals surface area contributed by atoms with Gasteiger partial charge in [0.05, 0.1) is 23.8 Å². The molecule has 1 aromatic carbocycles. The first-order valence-corrected chi connectivity index (χ1v) is 11.3. The zero-order valence-electron chi connectivity index (χ0n) is 19.9. The van der Waals surface area contributed by atoms with Gasteiger partial charge in [0.1, 0.15) is 22.8 Å². The lowest BCUT2D eigenvalue weighted by Gasteiger charge is -2.51. The van der Waals surface area contributed by atoms with Crippen molar-refractivity contribution < 1.29 is 39.6 Å². The Kier molecular flexibility index (Phi) is 5.94. The van der Waals surface area contributed by atoms with E-state index in [1.807, 2.05) is 0 Å². The number of benzene rings is 1. The molecule has 1 saturated carbocycles. The van der Waals surface area contributed by atoms with E-state index >= 15 is 0 Å². The fourth-order valence-corrected chi connectivity index (χ4v) is 5.84. The number of phenolic OH excluding ortho intramolecular Hbond substituents is 1. The minimum absolute atomic E-state index is 0.0145. The molecule has 5 atom stereocenters. The number of hydrogen-bond donors (Lipinski definition) is 7. The van der Waals surface area contributed by atoms with Crippen LogP contribution in [0.25, 0.3) is 5.76 Å². The number of Topliss-reactive ketones (excluding diaryl/α,β-unsaturated/α-hetero) is 2. The van der Waals surface area contributed by atoms with Crippen molar-refractivity contribution in [2.45, 2.75) is 30.9 Å². The predicted molar refractivity (Wildman–Crippen MR) is 127 cm³/mol. The summed E-state index contributed by atoms with van der Waals surface area (Å²) in [4.78, 5) is 52.2. The van der Waals surface area contributed by atoms with Crippen LogP contribution in [0.2, 0.25) is 0 Å². The van der Waals surface area contributed by atoms with Gasteiger partial charge in [-0.2, -0.15) is 0 Å². The van der Waals surface area contributed by atoms with Gasteiger partial charge in [-0.15, -0.1) is 0 Å². The van der Waals surface area contributed by atoms with Crippen LogP contribution in [-0.4, -0.2) is 81.0 Å². The Labute approximate surface area is 205 Å². The van der Waals surface area contributed by atoms with Gasteiger partial charge in [0.25, 0.3) is 5.91 Å². The van der Waals surface area contributed by atoms with Crippen LogP contribution in [0.3, 0.4) is 0 Å². The molecular formula is C24H28N4O8. The summed E-state index contributed by atoms with van der Waals surface area (Å²) in [7, 11) is 3.07. The topological polar surface area (TPSA) is 217 Å². The van der Waals surface area contributed by atoms with E-state index in [0.29, 0.717) is 5.56 Å². The molecule has 1 fully saturated rings. The number of carbonyl (C=O) groups is 4. The standard InChI is InChI=1S/C24H28N4O8/c1-8-9-4-5-12(27-13(29)7-25)18(30)14(9)19(31)15-10(8)6-11-17(28(2)3)20(32)16(23(26)35)22(34)24(11,36)21(15)33/h4-5,8,10-11,17,30-31,34,36H,6-7,25H2,1-3H3,(H2,26,35)(H,27,29)/t8-,10?,11-,17-,24-/m0/s1. The second kappa shape index (κ2) is 8.43. The minimum Gasteiger partial charge on any atom is -0.508 e. The van der Waals surface area contributed by atoms with E-state index in [2.05, 4.69) is 5.32 Å². The molecule has 0 aliphatic heterocycles. The van der Waals surface area contributed by atoms with E-state index in [4.69, 9.17) is 11.5 Å². The van der Waals surface area contributed by atoms with Crippen molar-refractivity contribution in [2.75, 3.05) is 26.0 Å². The fraction of sp³-hybridized carbons (Fsp3) is 0.417. The number of primary amides is 1. The van der Waals surface area contributed by atoms with Gasteiger partial charge >= 0.3 is 0 Å². The molecule has 1 unspecified atom stereocenters. The Bertz CT molecular complexity index is 1280. The molecule has 36 heavy (non-hydrogen) atoms. The Morgan fingerprint density at radius 3 is 2.39 bits per heavy atom. The summed E-state index contributed by atoms with van der Waals surface area (Å²) < 4.78 is 0. The van der Waals surface area contributed by atoms with Crippen LogP contribution in [0.1, 0.15) is 30.4 Å². The fourth-order valence-electron chi connectivity index (χ4n) is 5.84. The normalized spacial score (nSPS) is 29.6. The van der Waals surface area contributed by atoms with Gasteiger partial charge < -0.3 is 37.2 Å². The van der Waals surface area contributed by atoms with Crippen molar-refractivity contribution in [1.82, 2.24) is 4.90 Å². The number of rotatable bonds is 4. The summed E-state index contributed by atoms with van der Waals surface area (Å²) >= 11 is 0. The Hall–Kier alpha value is -3.74. The first-order chi connectivity index (χ1) is 16.8. The molecule has 0 saturated heterocycles.